The second-order valence-corrected chi connectivity index (χ2v) is 4.09. The van der Waals surface area contributed by atoms with Gasteiger partial charge >= 0.3 is 0 Å². The van der Waals surface area contributed by atoms with Gasteiger partial charge in [-0.2, -0.15) is 5.26 Å². The van der Waals surface area contributed by atoms with Crippen molar-refractivity contribution in [3.8, 4) is 6.07 Å². The lowest BCUT2D eigenvalue weighted by molar-refractivity contribution is 0.0800. The zero-order chi connectivity index (χ0) is 10.3. The maximum absolute atomic E-state index is 11.6. The van der Waals surface area contributed by atoms with Crippen LogP contribution in [0.15, 0.2) is 22.7 Å². The number of hydrogen-bond acceptors (Lipinski definition) is 2. The third-order valence-electron chi connectivity index (χ3n) is 2.37. The van der Waals surface area contributed by atoms with Crippen molar-refractivity contribution in [2.45, 2.75) is 6.04 Å². The third kappa shape index (κ3) is 1.13. The SMILES string of the molecule is CN1C(=O)c2ccc(Br)cc2[C@@H]1C#N. The molecule has 0 fully saturated rings. The molecule has 0 saturated carbocycles. The van der Waals surface area contributed by atoms with E-state index in [-0.39, 0.29) is 5.91 Å². The molecule has 1 aliphatic heterocycles. The van der Waals surface area contributed by atoms with Crippen molar-refractivity contribution in [3.63, 3.8) is 0 Å². The molecule has 0 radical (unpaired) electrons. The van der Waals surface area contributed by atoms with Gasteiger partial charge in [0, 0.05) is 22.6 Å². The van der Waals surface area contributed by atoms with Gasteiger partial charge in [0.05, 0.1) is 6.07 Å². The molecule has 0 N–H and O–H groups in total. The van der Waals surface area contributed by atoms with E-state index < -0.39 is 6.04 Å². The maximum Gasteiger partial charge on any atom is 0.255 e. The predicted molar refractivity (Wildman–Crippen MR) is 54.6 cm³/mol. The molecule has 0 aromatic heterocycles. The Balaban J connectivity index is 2.63. The molecule has 1 amide bonds. The van der Waals surface area contributed by atoms with Gasteiger partial charge in [0.1, 0.15) is 6.04 Å². The van der Waals surface area contributed by atoms with E-state index >= 15 is 0 Å². The Bertz CT molecular complexity index is 450. The summed E-state index contributed by atoms with van der Waals surface area (Å²) < 4.78 is 0.889. The molecule has 3 nitrogen and oxygen atoms in total. The van der Waals surface area contributed by atoms with Crippen LogP contribution in [0.4, 0.5) is 0 Å². The van der Waals surface area contributed by atoms with Crippen LogP contribution in [0.5, 0.6) is 0 Å². The van der Waals surface area contributed by atoms with E-state index in [1.807, 2.05) is 12.1 Å². The van der Waals surface area contributed by atoms with Crippen molar-refractivity contribution >= 4 is 21.8 Å². The standard InChI is InChI=1S/C10H7BrN2O/c1-13-9(5-12)8-4-6(11)2-3-7(8)10(13)14/h2-4,9H,1H3/t9-/m0/s1. The number of amides is 1. The molecule has 1 atom stereocenters. The molecular formula is C10H7BrN2O. The van der Waals surface area contributed by atoms with Crippen LogP contribution in [-0.4, -0.2) is 17.9 Å². The maximum atomic E-state index is 11.6. The van der Waals surface area contributed by atoms with Crippen LogP contribution in [0.2, 0.25) is 0 Å². The number of hydrogen-bond donors (Lipinski definition) is 0. The van der Waals surface area contributed by atoms with Crippen LogP contribution in [-0.2, 0) is 0 Å². The molecule has 1 aromatic rings. The molecule has 0 saturated heterocycles. The summed E-state index contributed by atoms with van der Waals surface area (Å²) in [4.78, 5) is 13.1. The van der Waals surface area contributed by atoms with Gasteiger partial charge in [0.15, 0.2) is 0 Å². The first-order valence-electron chi connectivity index (χ1n) is 4.11. The number of rotatable bonds is 0. The molecule has 1 aliphatic rings. The number of benzene rings is 1. The van der Waals surface area contributed by atoms with Crippen molar-refractivity contribution in [1.29, 1.82) is 5.26 Å². The Kier molecular flexibility index (Phi) is 2.05. The van der Waals surface area contributed by atoms with E-state index in [1.54, 1.807) is 13.1 Å². The topological polar surface area (TPSA) is 44.1 Å². The summed E-state index contributed by atoms with van der Waals surface area (Å²) in [5.41, 5.74) is 1.41. The fourth-order valence-corrected chi connectivity index (χ4v) is 2.01. The molecule has 14 heavy (non-hydrogen) atoms. The summed E-state index contributed by atoms with van der Waals surface area (Å²) in [6.45, 7) is 0. The van der Waals surface area contributed by atoms with Crippen LogP contribution < -0.4 is 0 Å². The highest BCUT2D eigenvalue weighted by molar-refractivity contribution is 9.10. The van der Waals surface area contributed by atoms with Crippen LogP contribution in [0.3, 0.4) is 0 Å². The number of nitrogens with zero attached hydrogens (tertiary/aromatic N) is 2. The molecular weight excluding hydrogens is 244 g/mol. The van der Waals surface area contributed by atoms with Gasteiger partial charge in [0.25, 0.3) is 5.91 Å². The normalized spacial score (nSPS) is 19.4. The first kappa shape index (κ1) is 9.22. The van der Waals surface area contributed by atoms with Crippen molar-refractivity contribution < 1.29 is 4.79 Å². The molecule has 70 valence electrons. The van der Waals surface area contributed by atoms with E-state index in [2.05, 4.69) is 22.0 Å². The summed E-state index contributed by atoms with van der Waals surface area (Å²) in [6.07, 6.45) is 0. The summed E-state index contributed by atoms with van der Waals surface area (Å²) in [5, 5.41) is 8.93. The molecule has 4 heteroatoms. The minimum atomic E-state index is -0.449. The number of fused-ring (bicyclic) bond motifs is 1. The summed E-state index contributed by atoms with van der Waals surface area (Å²) in [6, 6.07) is 7.04. The Morgan fingerprint density at radius 3 is 2.93 bits per heavy atom. The minimum absolute atomic E-state index is 0.0842. The molecule has 1 aromatic carbocycles. The third-order valence-corrected chi connectivity index (χ3v) is 2.86. The Labute approximate surface area is 90.1 Å². The Morgan fingerprint density at radius 2 is 2.29 bits per heavy atom. The Hall–Kier alpha value is -1.34. The molecule has 2 rings (SSSR count). The fraction of sp³-hybridized carbons (Fsp3) is 0.200. The monoisotopic (exact) mass is 250 g/mol. The van der Waals surface area contributed by atoms with Crippen molar-refractivity contribution in [1.82, 2.24) is 4.90 Å². The summed E-state index contributed by atoms with van der Waals surface area (Å²) >= 11 is 3.32. The van der Waals surface area contributed by atoms with Crippen LogP contribution in [0, 0.1) is 11.3 Å². The van der Waals surface area contributed by atoms with E-state index in [9.17, 15) is 4.79 Å². The average molecular weight is 251 g/mol. The van der Waals surface area contributed by atoms with E-state index in [1.165, 1.54) is 4.90 Å². The van der Waals surface area contributed by atoms with Gasteiger partial charge in [-0.05, 0) is 18.2 Å². The lowest BCUT2D eigenvalue weighted by atomic mass is 10.1. The van der Waals surface area contributed by atoms with Gasteiger partial charge in [-0.3, -0.25) is 4.79 Å². The highest BCUT2D eigenvalue weighted by atomic mass is 79.9. The second-order valence-electron chi connectivity index (χ2n) is 3.18. The van der Waals surface area contributed by atoms with Crippen LogP contribution in [0.1, 0.15) is 22.0 Å². The molecule has 0 unspecified atom stereocenters. The number of carbonyl (C=O) groups is 1. The first-order chi connectivity index (χ1) is 6.65. The molecule has 0 spiro atoms. The molecule has 1 heterocycles. The number of nitriles is 1. The lowest BCUT2D eigenvalue weighted by Gasteiger charge is -2.12. The minimum Gasteiger partial charge on any atom is -0.322 e. The Morgan fingerprint density at radius 1 is 1.57 bits per heavy atom. The number of carbonyl (C=O) groups excluding carboxylic acids is 1. The van der Waals surface area contributed by atoms with E-state index in [0.29, 0.717) is 5.56 Å². The average Bonchev–Trinajstić information content (AvgIpc) is 2.39. The van der Waals surface area contributed by atoms with E-state index in [0.717, 1.165) is 10.0 Å². The van der Waals surface area contributed by atoms with Crippen LogP contribution >= 0.6 is 15.9 Å². The summed E-state index contributed by atoms with van der Waals surface area (Å²) in [5.74, 6) is -0.0842. The van der Waals surface area contributed by atoms with Crippen molar-refractivity contribution in [2.75, 3.05) is 7.05 Å². The molecule has 0 bridgehead atoms. The second kappa shape index (κ2) is 3.10. The highest BCUT2D eigenvalue weighted by Crippen LogP contribution is 2.33. The quantitative estimate of drug-likeness (QED) is 0.708. The van der Waals surface area contributed by atoms with Crippen molar-refractivity contribution in [2.24, 2.45) is 0 Å². The number of halogens is 1. The zero-order valence-corrected chi connectivity index (χ0v) is 9.08. The highest BCUT2D eigenvalue weighted by Gasteiger charge is 2.33. The van der Waals surface area contributed by atoms with Gasteiger partial charge in [0.2, 0.25) is 0 Å². The van der Waals surface area contributed by atoms with Gasteiger partial charge in [-0.15, -0.1) is 0 Å². The van der Waals surface area contributed by atoms with Gasteiger partial charge in [-0.1, -0.05) is 15.9 Å². The van der Waals surface area contributed by atoms with E-state index in [4.69, 9.17) is 5.26 Å². The predicted octanol–water partition coefficient (Wildman–Crippen LogP) is 2.10. The first-order valence-corrected chi connectivity index (χ1v) is 4.90. The largest absolute Gasteiger partial charge is 0.322 e. The van der Waals surface area contributed by atoms with Crippen LogP contribution in [0.25, 0.3) is 0 Å². The van der Waals surface area contributed by atoms with Crippen molar-refractivity contribution in [3.05, 3.63) is 33.8 Å². The fourth-order valence-electron chi connectivity index (χ4n) is 1.63. The molecule has 0 aliphatic carbocycles. The summed E-state index contributed by atoms with van der Waals surface area (Å²) in [7, 11) is 1.64. The van der Waals surface area contributed by atoms with Gasteiger partial charge in [-0.25, -0.2) is 0 Å². The van der Waals surface area contributed by atoms with Gasteiger partial charge < -0.3 is 4.90 Å². The zero-order valence-electron chi connectivity index (χ0n) is 7.49. The smallest absolute Gasteiger partial charge is 0.255 e. The lowest BCUT2D eigenvalue weighted by Crippen LogP contribution is -2.21.